The Hall–Kier alpha value is -2.32. The summed E-state index contributed by atoms with van der Waals surface area (Å²) in [5.74, 6) is 0.233. The van der Waals surface area contributed by atoms with Gasteiger partial charge in [0.05, 0.1) is 40.2 Å². The minimum atomic E-state index is -3.27. The number of hydrogen-bond acceptors (Lipinski definition) is 6. The van der Waals surface area contributed by atoms with Crippen molar-refractivity contribution in [2.75, 3.05) is 5.75 Å². The number of pyridine rings is 2. The molecule has 27 heavy (non-hydrogen) atoms. The molecule has 0 fully saturated rings. The third-order valence-corrected chi connectivity index (χ3v) is 6.42. The third kappa shape index (κ3) is 4.17. The molecular weight excluding hydrogens is 364 g/mol. The van der Waals surface area contributed by atoms with Gasteiger partial charge in [-0.1, -0.05) is 20.8 Å². The van der Waals surface area contributed by atoms with Gasteiger partial charge in [-0.3, -0.25) is 14.8 Å². The maximum absolute atomic E-state index is 12.4. The maximum atomic E-state index is 12.4. The molecule has 1 atom stereocenters. The molecule has 1 amide bonds. The summed E-state index contributed by atoms with van der Waals surface area (Å²) in [5.41, 5.74) is 3.16. The predicted molar refractivity (Wildman–Crippen MR) is 102 cm³/mol. The number of fused-ring (bicyclic) bond motifs is 1. The Bertz CT molecular complexity index is 940. The summed E-state index contributed by atoms with van der Waals surface area (Å²) in [7, 11) is -3.27. The van der Waals surface area contributed by atoms with Gasteiger partial charge in [-0.05, 0) is 29.7 Å². The number of sulfone groups is 1. The fourth-order valence-electron chi connectivity index (χ4n) is 3.07. The first-order chi connectivity index (χ1) is 12.8. The zero-order valence-electron chi connectivity index (χ0n) is 15.7. The molecule has 3 rings (SSSR count). The molecule has 0 aliphatic carbocycles. The van der Waals surface area contributed by atoms with Crippen molar-refractivity contribution >= 4 is 15.7 Å². The van der Waals surface area contributed by atoms with Crippen molar-refractivity contribution in [1.29, 1.82) is 0 Å². The molecule has 3 heterocycles. The van der Waals surface area contributed by atoms with Crippen LogP contribution in [0.25, 0.3) is 0 Å². The van der Waals surface area contributed by atoms with E-state index in [1.54, 1.807) is 19.2 Å². The van der Waals surface area contributed by atoms with Gasteiger partial charge in [-0.2, -0.15) is 0 Å². The minimum absolute atomic E-state index is 0.0304. The molecule has 2 N–H and O–H groups in total. The van der Waals surface area contributed by atoms with E-state index in [4.69, 9.17) is 0 Å². The fourth-order valence-corrected chi connectivity index (χ4v) is 3.90. The van der Waals surface area contributed by atoms with E-state index in [1.165, 1.54) is 12.3 Å². The Kier molecular flexibility index (Phi) is 5.57. The van der Waals surface area contributed by atoms with E-state index in [-0.39, 0.29) is 29.1 Å². The smallest absolute Gasteiger partial charge is 0.253 e. The monoisotopic (exact) mass is 388 g/mol. The van der Waals surface area contributed by atoms with Gasteiger partial charge < -0.3 is 10.6 Å². The summed E-state index contributed by atoms with van der Waals surface area (Å²) in [6.45, 7) is 6.79. The Balaban J connectivity index is 1.65. The van der Waals surface area contributed by atoms with Gasteiger partial charge in [0.2, 0.25) is 0 Å². The fraction of sp³-hybridized carbons (Fsp3) is 0.421. The second-order valence-electron chi connectivity index (χ2n) is 6.94. The highest BCUT2D eigenvalue weighted by atomic mass is 32.2. The lowest BCUT2D eigenvalue weighted by molar-refractivity contribution is 0.0950. The number of nitrogens with zero attached hydrogens (tertiary/aromatic N) is 2. The molecule has 1 aliphatic heterocycles. The number of rotatable bonds is 6. The molecule has 0 saturated carbocycles. The van der Waals surface area contributed by atoms with E-state index in [9.17, 15) is 13.2 Å². The van der Waals surface area contributed by atoms with Crippen LogP contribution in [-0.2, 0) is 22.9 Å². The van der Waals surface area contributed by atoms with Crippen LogP contribution in [0.4, 0.5) is 0 Å². The zero-order chi connectivity index (χ0) is 19.6. The number of aromatic nitrogens is 2. The molecule has 1 aliphatic rings. The van der Waals surface area contributed by atoms with E-state index in [0.29, 0.717) is 23.7 Å². The molecule has 0 radical (unpaired) electrons. The lowest BCUT2D eigenvalue weighted by Gasteiger charge is -2.15. The predicted octanol–water partition coefficient (Wildman–Crippen LogP) is 2.00. The van der Waals surface area contributed by atoms with Gasteiger partial charge in [-0.15, -0.1) is 0 Å². The number of hydrogen-bond donors (Lipinski definition) is 2. The molecule has 144 valence electrons. The van der Waals surface area contributed by atoms with Gasteiger partial charge in [0.25, 0.3) is 5.91 Å². The Morgan fingerprint density at radius 2 is 2.07 bits per heavy atom. The van der Waals surface area contributed by atoms with Crippen molar-refractivity contribution in [2.24, 2.45) is 5.92 Å². The average Bonchev–Trinajstić information content (AvgIpc) is 3.10. The molecule has 0 aromatic carbocycles. The molecule has 2 aromatic heterocycles. The van der Waals surface area contributed by atoms with E-state index in [1.807, 2.05) is 6.07 Å². The van der Waals surface area contributed by atoms with Gasteiger partial charge in [0.15, 0.2) is 9.84 Å². The molecule has 1 unspecified atom stereocenters. The zero-order valence-corrected chi connectivity index (χ0v) is 16.5. The first-order valence-electron chi connectivity index (χ1n) is 9.00. The number of carbonyl (C=O) groups excluding carboxylic acids is 1. The first-order valence-corrected chi connectivity index (χ1v) is 10.6. The third-order valence-electron chi connectivity index (χ3n) is 4.70. The average molecular weight is 388 g/mol. The largest absolute Gasteiger partial charge is 0.346 e. The highest BCUT2D eigenvalue weighted by molar-refractivity contribution is 7.91. The van der Waals surface area contributed by atoms with Crippen molar-refractivity contribution < 1.29 is 13.2 Å². The summed E-state index contributed by atoms with van der Waals surface area (Å²) in [4.78, 5) is 21.2. The molecule has 0 saturated heterocycles. The number of carbonyl (C=O) groups is 1. The van der Waals surface area contributed by atoms with Crippen molar-refractivity contribution in [3.63, 3.8) is 0 Å². The summed E-state index contributed by atoms with van der Waals surface area (Å²) < 4.78 is 23.6. The molecule has 7 nitrogen and oxygen atoms in total. The van der Waals surface area contributed by atoms with Crippen LogP contribution in [0, 0.1) is 5.92 Å². The van der Waals surface area contributed by atoms with Gasteiger partial charge >= 0.3 is 0 Å². The second kappa shape index (κ2) is 7.74. The molecule has 0 spiro atoms. The van der Waals surface area contributed by atoms with Gasteiger partial charge in [0.1, 0.15) is 0 Å². The van der Waals surface area contributed by atoms with Crippen LogP contribution in [0.2, 0.25) is 0 Å². The van der Waals surface area contributed by atoms with Crippen LogP contribution in [0.3, 0.4) is 0 Å². The normalized spacial score (nSPS) is 16.4. The summed E-state index contributed by atoms with van der Waals surface area (Å²) in [6.07, 6.45) is 2.93. The van der Waals surface area contributed by atoms with Gasteiger partial charge in [-0.25, -0.2) is 8.42 Å². The molecule has 0 bridgehead atoms. The molecule has 2 aromatic rings. The first kappa shape index (κ1) is 19.4. The highest BCUT2D eigenvalue weighted by Crippen LogP contribution is 2.29. The van der Waals surface area contributed by atoms with Crippen LogP contribution in [0.1, 0.15) is 54.1 Å². The van der Waals surface area contributed by atoms with Crippen molar-refractivity contribution in [2.45, 2.75) is 44.8 Å². The minimum Gasteiger partial charge on any atom is -0.346 e. The van der Waals surface area contributed by atoms with E-state index >= 15 is 0 Å². The summed E-state index contributed by atoms with van der Waals surface area (Å²) in [6, 6.07) is 5.22. The van der Waals surface area contributed by atoms with Crippen molar-refractivity contribution in [3.8, 4) is 0 Å². The molecule has 8 heteroatoms. The van der Waals surface area contributed by atoms with Crippen LogP contribution in [0.5, 0.6) is 0 Å². The quantitative estimate of drug-likeness (QED) is 0.785. The van der Waals surface area contributed by atoms with Crippen LogP contribution >= 0.6 is 0 Å². The Morgan fingerprint density at radius 3 is 2.70 bits per heavy atom. The number of nitrogens with one attached hydrogen (secondary N) is 2. The molecular formula is C19H24N4O3S. The maximum Gasteiger partial charge on any atom is 0.253 e. The van der Waals surface area contributed by atoms with Crippen molar-refractivity contribution in [1.82, 2.24) is 20.6 Å². The summed E-state index contributed by atoms with van der Waals surface area (Å²) in [5, 5.41) is 6.22. The Labute approximate surface area is 159 Å². The lowest BCUT2D eigenvalue weighted by Crippen LogP contribution is -2.24. The Morgan fingerprint density at radius 1 is 1.30 bits per heavy atom. The van der Waals surface area contributed by atoms with E-state index < -0.39 is 9.84 Å². The number of amides is 1. The lowest BCUT2D eigenvalue weighted by atomic mass is 10.0. The van der Waals surface area contributed by atoms with E-state index in [0.717, 1.165) is 11.3 Å². The van der Waals surface area contributed by atoms with E-state index in [2.05, 4.69) is 34.4 Å². The SMILES string of the molecule is CCS(=O)(=O)c1ccc(CNC(=O)c2cnc3c(c2)CNC3C(C)C)nc1. The van der Waals surface area contributed by atoms with Crippen LogP contribution in [-0.4, -0.2) is 30.0 Å². The highest BCUT2D eigenvalue weighted by Gasteiger charge is 2.26. The van der Waals surface area contributed by atoms with Crippen LogP contribution < -0.4 is 10.6 Å². The topological polar surface area (TPSA) is 101 Å². The van der Waals surface area contributed by atoms with Crippen molar-refractivity contribution in [3.05, 3.63) is 53.1 Å². The van der Waals surface area contributed by atoms with Gasteiger partial charge in [0, 0.05) is 18.9 Å². The summed E-state index contributed by atoms with van der Waals surface area (Å²) >= 11 is 0. The standard InChI is InChI=1S/C19H24N4O3S/c1-4-27(25,26)16-6-5-15(20-11-16)10-23-19(24)14-7-13-8-21-17(12(2)3)18(13)22-9-14/h5-7,9,11-12,17,21H,4,8,10H2,1-3H3,(H,23,24). The van der Waals surface area contributed by atoms with Crippen LogP contribution in [0.15, 0.2) is 35.5 Å². The second-order valence-corrected chi connectivity index (χ2v) is 9.22.